The van der Waals surface area contributed by atoms with Gasteiger partial charge in [0.05, 0.1) is 6.54 Å². The first-order valence-corrected chi connectivity index (χ1v) is 7.21. The SMILES string of the molecule is CC1(c2ccccc2)C(=O)NC(=O)N1Cc1cccs1. The molecule has 0 spiro atoms. The van der Waals surface area contributed by atoms with Gasteiger partial charge in [0.1, 0.15) is 5.54 Å². The summed E-state index contributed by atoms with van der Waals surface area (Å²) in [4.78, 5) is 27.0. The predicted molar refractivity (Wildman–Crippen MR) is 77.2 cm³/mol. The highest BCUT2D eigenvalue weighted by molar-refractivity contribution is 7.09. The van der Waals surface area contributed by atoms with Crippen molar-refractivity contribution in [3.05, 3.63) is 58.3 Å². The fourth-order valence-corrected chi connectivity index (χ4v) is 3.14. The second-order valence-electron chi connectivity index (χ2n) is 4.86. The van der Waals surface area contributed by atoms with Gasteiger partial charge in [-0.1, -0.05) is 36.4 Å². The molecule has 3 rings (SSSR count). The van der Waals surface area contributed by atoms with Crippen LogP contribution in [0.15, 0.2) is 47.8 Å². The first-order chi connectivity index (χ1) is 9.62. The van der Waals surface area contributed by atoms with E-state index >= 15 is 0 Å². The van der Waals surface area contributed by atoms with Crippen molar-refractivity contribution in [1.82, 2.24) is 10.2 Å². The molecule has 1 aliphatic heterocycles. The van der Waals surface area contributed by atoms with E-state index in [0.29, 0.717) is 6.54 Å². The number of carbonyl (C=O) groups is 2. The molecule has 1 aliphatic rings. The minimum Gasteiger partial charge on any atom is -0.301 e. The Bertz CT molecular complexity index is 639. The topological polar surface area (TPSA) is 49.4 Å². The summed E-state index contributed by atoms with van der Waals surface area (Å²) in [6, 6.07) is 13.0. The van der Waals surface area contributed by atoms with E-state index in [1.165, 1.54) is 0 Å². The third-order valence-electron chi connectivity index (χ3n) is 3.68. The van der Waals surface area contributed by atoms with Crippen LogP contribution in [0.3, 0.4) is 0 Å². The van der Waals surface area contributed by atoms with Crippen LogP contribution in [0, 0.1) is 0 Å². The number of amides is 3. The number of rotatable bonds is 3. The first-order valence-electron chi connectivity index (χ1n) is 6.33. The predicted octanol–water partition coefficient (Wildman–Crippen LogP) is 2.72. The van der Waals surface area contributed by atoms with E-state index < -0.39 is 5.54 Å². The largest absolute Gasteiger partial charge is 0.325 e. The monoisotopic (exact) mass is 286 g/mol. The van der Waals surface area contributed by atoms with Gasteiger partial charge < -0.3 is 4.90 Å². The number of hydrogen-bond acceptors (Lipinski definition) is 3. The van der Waals surface area contributed by atoms with Crippen molar-refractivity contribution < 1.29 is 9.59 Å². The van der Waals surface area contributed by atoms with Gasteiger partial charge in [-0.2, -0.15) is 0 Å². The van der Waals surface area contributed by atoms with E-state index in [9.17, 15) is 9.59 Å². The first kappa shape index (κ1) is 12.9. The maximum Gasteiger partial charge on any atom is 0.325 e. The smallest absolute Gasteiger partial charge is 0.301 e. The average Bonchev–Trinajstić information content (AvgIpc) is 3.04. The molecule has 20 heavy (non-hydrogen) atoms. The number of carbonyl (C=O) groups excluding carboxylic acids is 2. The molecule has 1 fully saturated rings. The Morgan fingerprint density at radius 1 is 1.15 bits per heavy atom. The second kappa shape index (κ2) is 4.76. The Balaban J connectivity index is 2.01. The summed E-state index contributed by atoms with van der Waals surface area (Å²) in [6.45, 7) is 2.22. The summed E-state index contributed by atoms with van der Waals surface area (Å²) in [6.07, 6.45) is 0. The van der Waals surface area contributed by atoms with E-state index in [0.717, 1.165) is 10.4 Å². The number of urea groups is 1. The number of nitrogens with one attached hydrogen (secondary N) is 1. The van der Waals surface area contributed by atoms with Gasteiger partial charge in [0.25, 0.3) is 5.91 Å². The highest BCUT2D eigenvalue weighted by Gasteiger charge is 2.50. The lowest BCUT2D eigenvalue weighted by Gasteiger charge is -2.31. The number of imide groups is 1. The highest BCUT2D eigenvalue weighted by atomic mass is 32.1. The molecule has 102 valence electrons. The molecule has 0 bridgehead atoms. The molecule has 1 saturated heterocycles. The van der Waals surface area contributed by atoms with Crippen LogP contribution in [0.25, 0.3) is 0 Å². The Morgan fingerprint density at radius 3 is 2.55 bits per heavy atom. The lowest BCUT2D eigenvalue weighted by atomic mass is 9.90. The fraction of sp³-hybridized carbons (Fsp3) is 0.200. The Hall–Kier alpha value is -2.14. The van der Waals surface area contributed by atoms with Crippen molar-refractivity contribution in [2.75, 3.05) is 0 Å². The van der Waals surface area contributed by atoms with Crippen molar-refractivity contribution in [1.29, 1.82) is 0 Å². The molecular weight excluding hydrogens is 272 g/mol. The normalized spacial score (nSPS) is 22.1. The van der Waals surface area contributed by atoms with Crippen molar-refractivity contribution in [2.24, 2.45) is 0 Å². The third-order valence-corrected chi connectivity index (χ3v) is 4.54. The van der Waals surface area contributed by atoms with Crippen LogP contribution in [-0.4, -0.2) is 16.8 Å². The quantitative estimate of drug-likeness (QED) is 0.882. The summed E-state index contributed by atoms with van der Waals surface area (Å²) in [5.41, 5.74) is -0.137. The summed E-state index contributed by atoms with van der Waals surface area (Å²) >= 11 is 1.58. The van der Waals surface area contributed by atoms with E-state index in [2.05, 4.69) is 5.32 Å². The van der Waals surface area contributed by atoms with Gasteiger partial charge in [-0.15, -0.1) is 11.3 Å². The summed E-state index contributed by atoms with van der Waals surface area (Å²) in [7, 11) is 0. The molecule has 1 aromatic heterocycles. The molecule has 2 aromatic rings. The van der Waals surface area contributed by atoms with Crippen molar-refractivity contribution in [2.45, 2.75) is 19.0 Å². The number of nitrogens with zero attached hydrogens (tertiary/aromatic N) is 1. The summed E-state index contributed by atoms with van der Waals surface area (Å²) in [5.74, 6) is -0.273. The Kier molecular flexibility index (Phi) is 3.06. The van der Waals surface area contributed by atoms with Gasteiger partial charge in [-0.25, -0.2) is 4.79 Å². The van der Waals surface area contributed by atoms with E-state index in [1.54, 1.807) is 23.2 Å². The number of hydrogen-bond donors (Lipinski definition) is 1. The van der Waals surface area contributed by atoms with Crippen LogP contribution in [0.2, 0.25) is 0 Å². The Morgan fingerprint density at radius 2 is 1.90 bits per heavy atom. The van der Waals surface area contributed by atoms with E-state index in [1.807, 2.05) is 47.8 Å². The minimum atomic E-state index is -0.956. The molecule has 1 N–H and O–H groups in total. The molecule has 1 unspecified atom stereocenters. The highest BCUT2D eigenvalue weighted by Crippen LogP contribution is 2.34. The fourth-order valence-electron chi connectivity index (χ4n) is 2.45. The maximum absolute atomic E-state index is 12.3. The molecule has 0 radical (unpaired) electrons. The van der Waals surface area contributed by atoms with Gasteiger partial charge in [0.15, 0.2) is 0 Å². The molecule has 0 aliphatic carbocycles. The summed E-state index contributed by atoms with van der Waals surface area (Å²) < 4.78 is 0. The molecule has 0 saturated carbocycles. The average molecular weight is 286 g/mol. The number of thiophene rings is 1. The third kappa shape index (κ3) is 1.91. The van der Waals surface area contributed by atoms with Crippen LogP contribution in [0.5, 0.6) is 0 Å². The molecule has 1 atom stereocenters. The van der Waals surface area contributed by atoms with E-state index in [4.69, 9.17) is 0 Å². The zero-order chi connectivity index (χ0) is 14.2. The maximum atomic E-state index is 12.3. The lowest BCUT2D eigenvalue weighted by molar-refractivity contribution is -0.126. The van der Waals surface area contributed by atoms with Gasteiger partial charge in [-0.3, -0.25) is 10.1 Å². The molecule has 1 aromatic carbocycles. The molecule has 3 amide bonds. The zero-order valence-electron chi connectivity index (χ0n) is 11.0. The van der Waals surface area contributed by atoms with Gasteiger partial charge in [-0.05, 0) is 23.9 Å². The Labute approximate surface area is 121 Å². The molecular formula is C15H14N2O2S. The molecule has 4 nitrogen and oxygen atoms in total. The minimum absolute atomic E-state index is 0.273. The van der Waals surface area contributed by atoms with Gasteiger partial charge in [0.2, 0.25) is 0 Å². The number of benzene rings is 1. The van der Waals surface area contributed by atoms with Crippen LogP contribution in [0.1, 0.15) is 17.4 Å². The van der Waals surface area contributed by atoms with Crippen LogP contribution < -0.4 is 5.32 Å². The molecule has 5 heteroatoms. The van der Waals surface area contributed by atoms with Gasteiger partial charge in [0, 0.05) is 4.88 Å². The van der Waals surface area contributed by atoms with Crippen LogP contribution in [-0.2, 0) is 16.9 Å². The van der Waals surface area contributed by atoms with Crippen LogP contribution >= 0.6 is 11.3 Å². The standard InChI is InChI=1S/C15H14N2O2S/c1-15(11-6-3-2-4-7-11)13(18)16-14(19)17(15)10-12-8-5-9-20-12/h2-9H,10H2,1H3,(H,16,18,19). The van der Waals surface area contributed by atoms with Crippen molar-refractivity contribution in [3.8, 4) is 0 Å². The van der Waals surface area contributed by atoms with Gasteiger partial charge >= 0.3 is 6.03 Å². The van der Waals surface area contributed by atoms with E-state index in [-0.39, 0.29) is 11.9 Å². The van der Waals surface area contributed by atoms with Crippen molar-refractivity contribution in [3.63, 3.8) is 0 Å². The second-order valence-corrected chi connectivity index (χ2v) is 5.90. The van der Waals surface area contributed by atoms with Crippen molar-refractivity contribution >= 4 is 23.3 Å². The van der Waals surface area contributed by atoms with Crippen LogP contribution in [0.4, 0.5) is 4.79 Å². The zero-order valence-corrected chi connectivity index (χ0v) is 11.8. The lowest BCUT2D eigenvalue weighted by Crippen LogP contribution is -2.43. The molecule has 2 heterocycles. The summed E-state index contributed by atoms with van der Waals surface area (Å²) in [5, 5.41) is 4.38.